The molecule has 94 valence electrons. The minimum absolute atomic E-state index is 0.0979. The molecule has 1 aromatic rings. The van der Waals surface area contributed by atoms with E-state index in [1.807, 2.05) is 0 Å². The van der Waals surface area contributed by atoms with Crippen molar-refractivity contribution in [2.45, 2.75) is 19.5 Å². The molecule has 5 heteroatoms. The largest absolute Gasteiger partial charge is 0.326 e. The summed E-state index contributed by atoms with van der Waals surface area (Å²) in [6.07, 6.45) is 0.696. The van der Waals surface area contributed by atoms with Crippen LogP contribution in [0.5, 0.6) is 0 Å². The van der Waals surface area contributed by atoms with E-state index in [1.54, 1.807) is 6.07 Å². The maximum Gasteiger partial charge on any atom is 0.233 e. The number of imide groups is 1. The Labute approximate surface area is 104 Å². The van der Waals surface area contributed by atoms with Crippen LogP contribution in [0.2, 0.25) is 0 Å². The summed E-state index contributed by atoms with van der Waals surface area (Å²) in [5.74, 6) is -0.755. The Kier molecular flexibility index (Phi) is 2.45. The van der Waals surface area contributed by atoms with Gasteiger partial charge in [-0.3, -0.25) is 14.5 Å². The number of benzene rings is 1. The molecule has 18 heavy (non-hydrogen) atoms. The lowest BCUT2D eigenvalue weighted by atomic mass is 10.1. The van der Waals surface area contributed by atoms with Gasteiger partial charge >= 0.3 is 0 Å². The van der Waals surface area contributed by atoms with Crippen molar-refractivity contribution in [3.63, 3.8) is 0 Å². The third kappa shape index (κ3) is 1.62. The molecular formula is C13H13FN2O2. The van der Waals surface area contributed by atoms with E-state index < -0.39 is 0 Å². The fourth-order valence-corrected chi connectivity index (χ4v) is 2.51. The van der Waals surface area contributed by atoms with Crippen LogP contribution in [0, 0.1) is 17.7 Å². The molecule has 1 aliphatic carbocycles. The summed E-state index contributed by atoms with van der Waals surface area (Å²) in [5, 5.41) is 0. The van der Waals surface area contributed by atoms with Gasteiger partial charge in [0.05, 0.1) is 18.4 Å². The summed E-state index contributed by atoms with van der Waals surface area (Å²) in [6.45, 7) is 0.396. The summed E-state index contributed by atoms with van der Waals surface area (Å²) in [4.78, 5) is 24.9. The molecule has 1 saturated heterocycles. The third-order valence-electron chi connectivity index (χ3n) is 3.67. The zero-order valence-electron chi connectivity index (χ0n) is 9.73. The number of piperidine rings is 1. The Bertz CT molecular complexity index is 524. The number of carbonyl (C=O) groups is 2. The Balaban J connectivity index is 1.85. The van der Waals surface area contributed by atoms with Crippen LogP contribution in [0.1, 0.15) is 17.5 Å². The van der Waals surface area contributed by atoms with Gasteiger partial charge in [0.15, 0.2) is 0 Å². The first kappa shape index (κ1) is 11.3. The van der Waals surface area contributed by atoms with Gasteiger partial charge in [0.25, 0.3) is 0 Å². The second-order valence-corrected chi connectivity index (χ2v) is 4.83. The fourth-order valence-electron chi connectivity index (χ4n) is 2.51. The van der Waals surface area contributed by atoms with Gasteiger partial charge in [0, 0.05) is 6.54 Å². The monoisotopic (exact) mass is 248 g/mol. The van der Waals surface area contributed by atoms with Crippen molar-refractivity contribution < 1.29 is 14.0 Å². The van der Waals surface area contributed by atoms with Crippen molar-refractivity contribution in [2.24, 2.45) is 17.6 Å². The van der Waals surface area contributed by atoms with Crippen LogP contribution >= 0.6 is 0 Å². The molecule has 2 atom stereocenters. The van der Waals surface area contributed by atoms with Crippen LogP contribution in [-0.2, 0) is 22.7 Å². The Hall–Kier alpha value is -1.75. The van der Waals surface area contributed by atoms with Crippen LogP contribution in [0.25, 0.3) is 0 Å². The van der Waals surface area contributed by atoms with Crippen LogP contribution in [-0.4, -0.2) is 16.7 Å². The van der Waals surface area contributed by atoms with Crippen molar-refractivity contribution in [1.82, 2.24) is 4.90 Å². The molecule has 0 radical (unpaired) electrons. The summed E-state index contributed by atoms with van der Waals surface area (Å²) in [6, 6.07) is 4.25. The maximum absolute atomic E-state index is 13.1. The molecular weight excluding hydrogens is 235 g/mol. The zero-order valence-corrected chi connectivity index (χ0v) is 9.73. The van der Waals surface area contributed by atoms with E-state index >= 15 is 0 Å². The normalized spacial score (nSPS) is 25.6. The van der Waals surface area contributed by atoms with Crippen LogP contribution in [0.15, 0.2) is 18.2 Å². The SMILES string of the molecule is NCc1cc(F)ccc1CN1C(=O)C2CC2C1=O. The minimum Gasteiger partial charge on any atom is -0.326 e. The zero-order chi connectivity index (χ0) is 12.9. The molecule has 1 aromatic carbocycles. The quantitative estimate of drug-likeness (QED) is 0.804. The number of rotatable bonds is 3. The lowest BCUT2D eigenvalue weighted by Gasteiger charge is -2.18. The van der Waals surface area contributed by atoms with Gasteiger partial charge < -0.3 is 5.73 Å². The number of likely N-dealkylation sites (tertiary alicyclic amines) is 1. The van der Waals surface area contributed by atoms with E-state index in [0.717, 1.165) is 5.56 Å². The van der Waals surface area contributed by atoms with Gasteiger partial charge in [-0.25, -0.2) is 4.39 Å². The number of halogens is 1. The van der Waals surface area contributed by atoms with Crippen molar-refractivity contribution in [3.8, 4) is 0 Å². The summed E-state index contributed by atoms with van der Waals surface area (Å²) in [7, 11) is 0. The van der Waals surface area contributed by atoms with Crippen LogP contribution in [0.3, 0.4) is 0 Å². The van der Waals surface area contributed by atoms with E-state index in [4.69, 9.17) is 5.73 Å². The van der Waals surface area contributed by atoms with Gasteiger partial charge in [-0.15, -0.1) is 0 Å². The molecule has 2 fully saturated rings. The molecule has 2 unspecified atom stereocenters. The van der Waals surface area contributed by atoms with E-state index in [1.165, 1.54) is 17.0 Å². The highest BCUT2D eigenvalue weighted by molar-refractivity contribution is 6.08. The Morgan fingerprint density at radius 3 is 2.50 bits per heavy atom. The molecule has 0 bridgehead atoms. The average Bonchev–Trinajstić information content (AvgIpc) is 3.11. The first-order valence-corrected chi connectivity index (χ1v) is 5.94. The molecule has 2 aliphatic rings. The second kappa shape index (κ2) is 3.88. The van der Waals surface area contributed by atoms with Gasteiger partial charge in [-0.2, -0.15) is 0 Å². The number of nitrogens with two attached hydrogens (primary N) is 1. The van der Waals surface area contributed by atoms with Crippen LogP contribution in [0.4, 0.5) is 4.39 Å². The van der Waals surface area contributed by atoms with E-state index in [0.29, 0.717) is 12.0 Å². The van der Waals surface area contributed by atoms with E-state index in [9.17, 15) is 14.0 Å². The lowest BCUT2D eigenvalue weighted by Crippen LogP contribution is -2.32. The smallest absolute Gasteiger partial charge is 0.233 e. The summed E-state index contributed by atoms with van der Waals surface area (Å²) < 4.78 is 13.1. The number of carbonyl (C=O) groups excluding carboxylic acids is 2. The number of hydrogen-bond acceptors (Lipinski definition) is 3. The van der Waals surface area contributed by atoms with Gasteiger partial charge in [-0.1, -0.05) is 6.07 Å². The van der Waals surface area contributed by atoms with Crippen molar-refractivity contribution >= 4 is 11.8 Å². The predicted octanol–water partition coefficient (Wildman–Crippen LogP) is 0.789. The summed E-state index contributed by atoms with van der Waals surface area (Å²) in [5.41, 5.74) is 6.92. The highest BCUT2D eigenvalue weighted by Crippen LogP contribution is 2.47. The fraction of sp³-hybridized carbons (Fsp3) is 0.385. The van der Waals surface area contributed by atoms with Crippen LogP contribution < -0.4 is 5.73 Å². The molecule has 1 saturated carbocycles. The first-order chi connectivity index (χ1) is 8.61. The van der Waals surface area contributed by atoms with E-state index in [-0.39, 0.29) is 42.6 Å². The van der Waals surface area contributed by atoms with Crippen molar-refractivity contribution in [3.05, 3.63) is 35.1 Å². The molecule has 4 nitrogen and oxygen atoms in total. The molecule has 2 amide bonds. The molecule has 0 spiro atoms. The summed E-state index contributed by atoms with van der Waals surface area (Å²) >= 11 is 0. The number of fused-ring (bicyclic) bond motifs is 1. The maximum atomic E-state index is 13.1. The molecule has 0 aromatic heterocycles. The molecule has 1 aliphatic heterocycles. The molecule has 3 rings (SSSR count). The standard InChI is InChI=1S/C13H13FN2O2/c14-9-2-1-7(8(3-9)5-15)6-16-12(17)10-4-11(10)13(16)18/h1-3,10-11H,4-6,15H2. The van der Waals surface area contributed by atoms with Gasteiger partial charge in [-0.05, 0) is 29.7 Å². The molecule has 1 heterocycles. The number of hydrogen-bond donors (Lipinski definition) is 1. The number of amides is 2. The second-order valence-electron chi connectivity index (χ2n) is 4.83. The van der Waals surface area contributed by atoms with Crippen molar-refractivity contribution in [2.75, 3.05) is 0 Å². The average molecular weight is 248 g/mol. The first-order valence-electron chi connectivity index (χ1n) is 5.94. The minimum atomic E-state index is -0.360. The van der Waals surface area contributed by atoms with Gasteiger partial charge in [0.1, 0.15) is 5.82 Å². The Morgan fingerprint density at radius 1 is 1.22 bits per heavy atom. The number of nitrogens with zero attached hydrogens (tertiary/aromatic N) is 1. The topological polar surface area (TPSA) is 63.4 Å². The third-order valence-corrected chi connectivity index (χ3v) is 3.67. The Morgan fingerprint density at radius 2 is 1.89 bits per heavy atom. The van der Waals surface area contributed by atoms with E-state index in [2.05, 4.69) is 0 Å². The predicted molar refractivity (Wildman–Crippen MR) is 61.4 cm³/mol. The van der Waals surface area contributed by atoms with Crippen molar-refractivity contribution in [1.29, 1.82) is 0 Å². The highest BCUT2D eigenvalue weighted by Gasteiger charge is 2.58. The lowest BCUT2D eigenvalue weighted by molar-refractivity contribution is -0.142. The molecule has 2 N–H and O–H groups in total. The van der Waals surface area contributed by atoms with Gasteiger partial charge in [0.2, 0.25) is 11.8 Å². The highest BCUT2D eigenvalue weighted by atomic mass is 19.1.